The van der Waals surface area contributed by atoms with E-state index < -0.39 is 5.91 Å². The molecule has 0 unspecified atom stereocenters. The third-order valence-electron chi connectivity index (χ3n) is 2.04. The van der Waals surface area contributed by atoms with Gasteiger partial charge in [0, 0.05) is 11.9 Å². The van der Waals surface area contributed by atoms with Crippen LogP contribution in [0.15, 0.2) is 30.6 Å². The van der Waals surface area contributed by atoms with Crippen LogP contribution in [-0.2, 0) is 0 Å². The van der Waals surface area contributed by atoms with E-state index in [9.17, 15) is 9.90 Å². The van der Waals surface area contributed by atoms with Crippen LogP contribution in [0.3, 0.4) is 0 Å². The van der Waals surface area contributed by atoms with Gasteiger partial charge in [-0.3, -0.25) is 9.89 Å². The number of anilines is 2. The number of benzene rings is 1. The fourth-order valence-corrected chi connectivity index (χ4v) is 1.26. The van der Waals surface area contributed by atoms with Gasteiger partial charge in [-0.2, -0.15) is 5.10 Å². The number of hydrogen-bond donors (Lipinski definition) is 4. The summed E-state index contributed by atoms with van der Waals surface area (Å²) in [7, 11) is 0. The van der Waals surface area contributed by atoms with Crippen molar-refractivity contribution in [3.63, 3.8) is 0 Å². The van der Waals surface area contributed by atoms with Crippen LogP contribution < -0.4 is 11.1 Å². The van der Waals surface area contributed by atoms with E-state index in [0.717, 1.165) is 0 Å². The number of nitrogen functional groups attached to an aromatic ring is 1. The van der Waals surface area contributed by atoms with Crippen molar-refractivity contribution in [3.05, 3.63) is 36.2 Å². The van der Waals surface area contributed by atoms with E-state index >= 15 is 0 Å². The van der Waals surface area contributed by atoms with Gasteiger partial charge in [0.1, 0.15) is 5.75 Å². The molecule has 0 atom stereocenters. The molecule has 2 aromatic rings. The van der Waals surface area contributed by atoms with Gasteiger partial charge in [0.2, 0.25) is 0 Å². The van der Waals surface area contributed by atoms with E-state index in [0.29, 0.717) is 11.4 Å². The molecule has 0 aliphatic carbocycles. The van der Waals surface area contributed by atoms with Crippen molar-refractivity contribution >= 4 is 17.3 Å². The zero-order valence-electron chi connectivity index (χ0n) is 8.27. The Hall–Kier alpha value is -2.50. The summed E-state index contributed by atoms with van der Waals surface area (Å²) in [5, 5.41) is 18.1. The fourth-order valence-electron chi connectivity index (χ4n) is 1.26. The van der Waals surface area contributed by atoms with E-state index in [-0.39, 0.29) is 11.3 Å². The first-order valence-electron chi connectivity index (χ1n) is 4.55. The Morgan fingerprint density at radius 2 is 2.31 bits per heavy atom. The van der Waals surface area contributed by atoms with Crippen molar-refractivity contribution in [2.24, 2.45) is 0 Å². The molecule has 1 amide bonds. The van der Waals surface area contributed by atoms with Gasteiger partial charge in [-0.05, 0) is 18.2 Å². The summed E-state index contributed by atoms with van der Waals surface area (Å²) in [5.41, 5.74) is 6.69. The molecule has 1 aromatic carbocycles. The minimum absolute atomic E-state index is 0.00783. The summed E-state index contributed by atoms with van der Waals surface area (Å²) in [6, 6.07) is 4.20. The Bertz CT molecular complexity index is 508. The highest BCUT2D eigenvalue weighted by Crippen LogP contribution is 2.19. The maximum Gasteiger partial charge on any atom is 0.257 e. The molecule has 0 fully saturated rings. The summed E-state index contributed by atoms with van der Waals surface area (Å²) >= 11 is 0. The lowest BCUT2D eigenvalue weighted by atomic mass is 10.1. The summed E-state index contributed by atoms with van der Waals surface area (Å²) in [5.74, 6) is -0.402. The first-order chi connectivity index (χ1) is 7.66. The van der Waals surface area contributed by atoms with E-state index in [1.165, 1.54) is 30.6 Å². The highest BCUT2D eigenvalue weighted by Gasteiger charge is 2.11. The third-order valence-corrected chi connectivity index (χ3v) is 2.04. The maximum atomic E-state index is 11.7. The summed E-state index contributed by atoms with van der Waals surface area (Å²) in [6.07, 6.45) is 3.01. The number of nitrogens with two attached hydrogens (primary N) is 1. The maximum absolute atomic E-state index is 11.7. The average molecular weight is 218 g/mol. The van der Waals surface area contributed by atoms with Crippen LogP contribution in [0.4, 0.5) is 11.4 Å². The molecule has 0 aliphatic rings. The van der Waals surface area contributed by atoms with Crippen molar-refractivity contribution in [3.8, 4) is 5.75 Å². The Labute approximate surface area is 91.1 Å². The minimum Gasteiger partial charge on any atom is -0.508 e. The molecule has 0 saturated carbocycles. The molecule has 0 radical (unpaired) electrons. The van der Waals surface area contributed by atoms with Crippen LogP contribution in [0.25, 0.3) is 0 Å². The number of aromatic amines is 1. The van der Waals surface area contributed by atoms with Gasteiger partial charge in [0.25, 0.3) is 5.91 Å². The smallest absolute Gasteiger partial charge is 0.257 e. The second kappa shape index (κ2) is 3.93. The van der Waals surface area contributed by atoms with Gasteiger partial charge in [0.05, 0.1) is 17.4 Å². The quantitative estimate of drug-likeness (QED) is 0.445. The molecule has 1 heterocycles. The van der Waals surface area contributed by atoms with Crippen molar-refractivity contribution in [2.45, 2.75) is 0 Å². The normalized spacial score (nSPS) is 10.0. The van der Waals surface area contributed by atoms with E-state index in [1.807, 2.05) is 0 Å². The second-order valence-corrected chi connectivity index (χ2v) is 3.21. The number of carbonyl (C=O) groups excluding carboxylic acids is 1. The minimum atomic E-state index is -0.394. The molecule has 0 saturated heterocycles. The molecule has 5 N–H and O–H groups in total. The predicted molar refractivity (Wildman–Crippen MR) is 59.1 cm³/mol. The van der Waals surface area contributed by atoms with E-state index in [4.69, 9.17) is 5.73 Å². The average Bonchev–Trinajstić information content (AvgIpc) is 2.74. The molecule has 82 valence electrons. The van der Waals surface area contributed by atoms with Crippen LogP contribution in [0, 0.1) is 0 Å². The molecular formula is C10H10N4O2. The SMILES string of the molecule is Nc1ccc(O)cc1C(=O)Nc1cn[nH]c1. The van der Waals surface area contributed by atoms with Crippen LogP contribution >= 0.6 is 0 Å². The first-order valence-corrected chi connectivity index (χ1v) is 4.55. The summed E-state index contributed by atoms with van der Waals surface area (Å²) in [4.78, 5) is 11.7. The Morgan fingerprint density at radius 3 is 3.00 bits per heavy atom. The molecule has 0 bridgehead atoms. The van der Waals surface area contributed by atoms with Crippen LogP contribution in [0.2, 0.25) is 0 Å². The number of amides is 1. The van der Waals surface area contributed by atoms with Crippen molar-refractivity contribution in [2.75, 3.05) is 11.1 Å². The lowest BCUT2D eigenvalue weighted by Crippen LogP contribution is -2.13. The van der Waals surface area contributed by atoms with Gasteiger partial charge in [-0.25, -0.2) is 0 Å². The standard InChI is InChI=1S/C10H10N4O2/c11-9-2-1-7(15)3-8(9)10(16)14-6-4-12-13-5-6/h1-5,15H,11H2,(H,12,13)(H,14,16). The summed E-state index contributed by atoms with van der Waals surface area (Å²) < 4.78 is 0. The number of nitrogens with one attached hydrogen (secondary N) is 2. The number of aromatic nitrogens is 2. The van der Waals surface area contributed by atoms with E-state index in [1.54, 1.807) is 0 Å². The number of nitrogens with zero attached hydrogens (tertiary/aromatic N) is 1. The van der Waals surface area contributed by atoms with Crippen molar-refractivity contribution in [1.82, 2.24) is 10.2 Å². The highest BCUT2D eigenvalue weighted by atomic mass is 16.3. The Kier molecular flexibility index (Phi) is 2.47. The molecule has 16 heavy (non-hydrogen) atoms. The second-order valence-electron chi connectivity index (χ2n) is 3.21. The molecule has 6 heteroatoms. The van der Waals surface area contributed by atoms with Crippen LogP contribution in [0.1, 0.15) is 10.4 Å². The predicted octanol–water partition coefficient (Wildman–Crippen LogP) is 0.950. The van der Waals surface area contributed by atoms with Gasteiger partial charge in [0.15, 0.2) is 0 Å². The molecule has 0 spiro atoms. The number of aromatic hydroxyl groups is 1. The van der Waals surface area contributed by atoms with Gasteiger partial charge >= 0.3 is 0 Å². The number of hydrogen-bond acceptors (Lipinski definition) is 4. The van der Waals surface area contributed by atoms with Crippen molar-refractivity contribution in [1.29, 1.82) is 0 Å². The Balaban J connectivity index is 2.24. The molecule has 1 aromatic heterocycles. The van der Waals surface area contributed by atoms with Gasteiger partial charge in [-0.1, -0.05) is 0 Å². The first kappa shape index (κ1) is 10.0. The third kappa shape index (κ3) is 1.95. The lowest BCUT2D eigenvalue weighted by Gasteiger charge is -2.05. The zero-order valence-corrected chi connectivity index (χ0v) is 8.27. The summed E-state index contributed by atoms with van der Waals surface area (Å²) in [6.45, 7) is 0. The Morgan fingerprint density at radius 1 is 1.50 bits per heavy atom. The number of carbonyl (C=O) groups is 1. The number of phenols is 1. The molecule has 2 rings (SSSR count). The van der Waals surface area contributed by atoms with Crippen LogP contribution in [0.5, 0.6) is 5.75 Å². The zero-order chi connectivity index (χ0) is 11.5. The molecule has 6 nitrogen and oxygen atoms in total. The number of phenolic OH excluding ortho intramolecular Hbond substituents is 1. The van der Waals surface area contributed by atoms with Gasteiger partial charge in [-0.15, -0.1) is 0 Å². The number of rotatable bonds is 2. The molecule has 0 aliphatic heterocycles. The monoisotopic (exact) mass is 218 g/mol. The largest absolute Gasteiger partial charge is 0.508 e. The van der Waals surface area contributed by atoms with Gasteiger partial charge < -0.3 is 16.2 Å². The molecular weight excluding hydrogens is 208 g/mol. The van der Waals surface area contributed by atoms with Crippen molar-refractivity contribution < 1.29 is 9.90 Å². The van der Waals surface area contributed by atoms with Crippen LogP contribution in [-0.4, -0.2) is 21.2 Å². The lowest BCUT2D eigenvalue weighted by molar-refractivity contribution is 0.102. The van der Waals surface area contributed by atoms with E-state index in [2.05, 4.69) is 15.5 Å². The highest BCUT2D eigenvalue weighted by molar-refractivity contribution is 6.07. The topological polar surface area (TPSA) is 104 Å². The fraction of sp³-hybridized carbons (Fsp3) is 0. The number of H-pyrrole nitrogens is 1.